The molecule has 0 amide bonds. The van der Waals surface area contributed by atoms with Crippen LogP contribution in [0, 0.1) is 11.8 Å². The van der Waals surface area contributed by atoms with Crippen LogP contribution in [0.4, 0.5) is 0 Å². The molecule has 2 rings (SSSR count). The molecule has 0 bridgehead atoms. The molecular formula is C17H16N2O. The minimum atomic E-state index is 0.139. The van der Waals surface area contributed by atoms with Crippen molar-refractivity contribution in [1.29, 1.82) is 0 Å². The highest BCUT2D eigenvalue weighted by molar-refractivity contribution is 5.73. The summed E-state index contributed by atoms with van der Waals surface area (Å²) >= 11 is 0. The first-order valence-corrected chi connectivity index (χ1v) is 6.39. The highest BCUT2D eigenvalue weighted by Crippen LogP contribution is 2.21. The lowest BCUT2D eigenvalue weighted by molar-refractivity contribution is 0.112. The average molecular weight is 264 g/mol. The van der Waals surface area contributed by atoms with E-state index in [4.69, 9.17) is 0 Å². The number of aromatic nitrogens is 2. The Kier molecular flexibility index (Phi) is 3.95. The maximum atomic E-state index is 10.5. The maximum Gasteiger partial charge on any atom is 0.205 e. The maximum absolute atomic E-state index is 10.5. The van der Waals surface area contributed by atoms with E-state index in [0.717, 1.165) is 5.56 Å². The van der Waals surface area contributed by atoms with Crippen molar-refractivity contribution in [2.45, 2.75) is 26.2 Å². The van der Waals surface area contributed by atoms with Crippen molar-refractivity contribution in [2.75, 3.05) is 0 Å². The van der Waals surface area contributed by atoms with Crippen molar-refractivity contribution < 1.29 is 4.79 Å². The Morgan fingerprint density at radius 3 is 2.10 bits per heavy atom. The summed E-state index contributed by atoms with van der Waals surface area (Å²) < 4.78 is 0. The summed E-state index contributed by atoms with van der Waals surface area (Å²) in [5.41, 5.74) is 2.78. The summed E-state index contributed by atoms with van der Waals surface area (Å²) in [7, 11) is 0. The predicted molar refractivity (Wildman–Crippen MR) is 78.5 cm³/mol. The van der Waals surface area contributed by atoms with Crippen LogP contribution in [0.1, 0.15) is 48.1 Å². The normalized spacial score (nSPS) is 10.6. The number of aldehydes is 1. The lowest BCUT2D eigenvalue weighted by Gasteiger charge is -2.18. The molecule has 0 unspecified atom stereocenters. The molecular weight excluding hydrogens is 248 g/mol. The number of carbonyl (C=O) groups is 1. The van der Waals surface area contributed by atoms with Gasteiger partial charge in [-0.1, -0.05) is 38.8 Å². The van der Waals surface area contributed by atoms with E-state index in [1.807, 2.05) is 12.1 Å². The van der Waals surface area contributed by atoms with Gasteiger partial charge in [-0.05, 0) is 29.0 Å². The van der Waals surface area contributed by atoms with Crippen LogP contribution in [0.5, 0.6) is 0 Å². The smallest absolute Gasteiger partial charge is 0.205 e. The van der Waals surface area contributed by atoms with Gasteiger partial charge in [-0.15, -0.1) is 0 Å². The molecule has 0 saturated heterocycles. The van der Waals surface area contributed by atoms with E-state index in [-0.39, 0.29) is 5.41 Å². The number of hydrogen-bond acceptors (Lipinski definition) is 3. The van der Waals surface area contributed by atoms with E-state index < -0.39 is 0 Å². The van der Waals surface area contributed by atoms with Crippen molar-refractivity contribution in [2.24, 2.45) is 0 Å². The Bertz CT molecular complexity index is 653. The zero-order chi connectivity index (χ0) is 14.6. The van der Waals surface area contributed by atoms with Gasteiger partial charge in [0, 0.05) is 18.0 Å². The van der Waals surface area contributed by atoms with Crippen molar-refractivity contribution in [1.82, 2.24) is 9.97 Å². The fraction of sp³-hybridized carbons (Fsp3) is 0.235. The van der Waals surface area contributed by atoms with Gasteiger partial charge in [-0.3, -0.25) is 4.79 Å². The van der Waals surface area contributed by atoms with E-state index in [2.05, 4.69) is 54.7 Å². The highest BCUT2D eigenvalue weighted by Gasteiger charge is 2.12. The molecule has 0 atom stereocenters. The van der Waals surface area contributed by atoms with Crippen LogP contribution in [-0.2, 0) is 5.41 Å². The zero-order valence-corrected chi connectivity index (χ0v) is 11.8. The molecule has 1 aromatic heterocycles. The Morgan fingerprint density at radius 1 is 1.00 bits per heavy atom. The molecule has 0 spiro atoms. The van der Waals surface area contributed by atoms with Crippen LogP contribution in [-0.4, -0.2) is 16.3 Å². The summed E-state index contributed by atoms with van der Waals surface area (Å²) in [6.45, 7) is 6.53. The van der Waals surface area contributed by atoms with E-state index in [1.54, 1.807) is 0 Å². The summed E-state index contributed by atoms with van der Waals surface area (Å²) in [4.78, 5) is 18.5. The first kappa shape index (κ1) is 14.0. The third-order valence-electron chi connectivity index (χ3n) is 2.88. The second-order valence-corrected chi connectivity index (χ2v) is 5.54. The summed E-state index contributed by atoms with van der Waals surface area (Å²) in [5.74, 6) is 6.31. The molecule has 1 heterocycles. The van der Waals surface area contributed by atoms with Gasteiger partial charge >= 0.3 is 0 Å². The predicted octanol–water partition coefficient (Wildman–Crippen LogP) is 2.99. The number of rotatable bonds is 1. The molecule has 0 N–H and O–H groups in total. The van der Waals surface area contributed by atoms with E-state index in [0.29, 0.717) is 17.7 Å². The standard InChI is InChI=1S/C17H16N2O/c1-17(2,3)15-7-4-13(5-8-15)6-9-16-18-10-14(12-20)11-19-16/h4-5,7-8,10-12H,1-3H3. The quantitative estimate of drug-likeness (QED) is 0.587. The molecule has 100 valence electrons. The minimum absolute atomic E-state index is 0.139. The van der Waals surface area contributed by atoms with E-state index >= 15 is 0 Å². The topological polar surface area (TPSA) is 42.9 Å². The summed E-state index contributed by atoms with van der Waals surface area (Å²) in [5, 5.41) is 0. The molecule has 0 radical (unpaired) electrons. The third-order valence-corrected chi connectivity index (χ3v) is 2.88. The highest BCUT2D eigenvalue weighted by atomic mass is 16.1. The molecule has 20 heavy (non-hydrogen) atoms. The molecule has 2 aromatic rings. The van der Waals surface area contributed by atoms with Gasteiger partial charge in [-0.25, -0.2) is 9.97 Å². The van der Waals surface area contributed by atoms with Crippen LogP contribution in [0.15, 0.2) is 36.7 Å². The zero-order valence-electron chi connectivity index (χ0n) is 11.8. The largest absolute Gasteiger partial charge is 0.298 e. The Morgan fingerprint density at radius 2 is 1.60 bits per heavy atom. The first-order valence-electron chi connectivity index (χ1n) is 6.39. The summed E-state index contributed by atoms with van der Waals surface area (Å²) in [6.07, 6.45) is 3.64. The molecule has 0 aliphatic carbocycles. The molecule has 3 nitrogen and oxygen atoms in total. The van der Waals surface area contributed by atoms with Gasteiger partial charge in [-0.2, -0.15) is 0 Å². The van der Waals surface area contributed by atoms with Gasteiger partial charge < -0.3 is 0 Å². The number of hydrogen-bond donors (Lipinski definition) is 0. The summed E-state index contributed by atoms with van der Waals surface area (Å²) in [6, 6.07) is 8.15. The number of benzene rings is 1. The fourth-order valence-electron chi connectivity index (χ4n) is 1.65. The lowest BCUT2D eigenvalue weighted by Crippen LogP contribution is -2.10. The van der Waals surface area contributed by atoms with Gasteiger partial charge in [0.15, 0.2) is 6.29 Å². The van der Waals surface area contributed by atoms with Crippen molar-refractivity contribution in [3.8, 4) is 11.8 Å². The van der Waals surface area contributed by atoms with Crippen LogP contribution >= 0.6 is 0 Å². The van der Waals surface area contributed by atoms with Crippen molar-refractivity contribution >= 4 is 6.29 Å². The molecule has 0 aliphatic rings. The molecule has 1 aromatic carbocycles. The Balaban J connectivity index is 2.18. The Hall–Kier alpha value is -2.47. The number of carbonyl (C=O) groups excluding carboxylic acids is 1. The number of nitrogens with zero attached hydrogens (tertiary/aromatic N) is 2. The third kappa shape index (κ3) is 3.52. The molecule has 0 fully saturated rings. The molecule has 0 saturated carbocycles. The van der Waals surface area contributed by atoms with Crippen LogP contribution in [0.2, 0.25) is 0 Å². The van der Waals surface area contributed by atoms with Crippen molar-refractivity contribution in [3.63, 3.8) is 0 Å². The Labute approximate surface area is 119 Å². The van der Waals surface area contributed by atoms with E-state index in [1.165, 1.54) is 18.0 Å². The van der Waals surface area contributed by atoms with Gasteiger partial charge in [0.2, 0.25) is 5.82 Å². The minimum Gasteiger partial charge on any atom is -0.298 e. The monoisotopic (exact) mass is 264 g/mol. The first-order chi connectivity index (χ1) is 9.49. The van der Waals surface area contributed by atoms with E-state index in [9.17, 15) is 4.79 Å². The van der Waals surface area contributed by atoms with Crippen LogP contribution < -0.4 is 0 Å². The average Bonchev–Trinajstić information content (AvgIpc) is 2.45. The molecule has 3 heteroatoms. The lowest BCUT2D eigenvalue weighted by atomic mass is 9.87. The molecule has 0 aliphatic heterocycles. The SMILES string of the molecule is CC(C)(C)c1ccc(C#Cc2ncc(C=O)cn2)cc1. The van der Waals surface area contributed by atoms with Gasteiger partial charge in [0.25, 0.3) is 0 Å². The fourth-order valence-corrected chi connectivity index (χ4v) is 1.65. The van der Waals surface area contributed by atoms with Crippen LogP contribution in [0.25, 0.3) is 0 Å². The van der Waals surface area contributed by atoms with Gasteiger partial charge in [0.05, 0.1) is 5.56 Å². The van der Waals surface area contributed by atoms with Crippen molar-refractivity contribution in [3.05, 3.63) is 59.2 Å². The van der Waals surface area contributed by atoms with Crippen LogP contribution in [0.3, 0.4) is 0 Å². The van der Waals surface area contributed by atoms with Gasteiger partial charge in [0.1, 0.15) is 0 Å². The second kappa shape index (κ2) is 5.66. The second-order valence-electron chi connectivity index (χ2n) is 5.54.